The van der Waals surface area contributed by atoms with Gasteiger partial charge in [0.05, 0.1) is 5.56 Å². The summed E-state index contributed by atoms with van der Waals surface area (Å²) >= 11 is 0. The van der Waals surface area contributed by atoms with Crippen molar-refractivity contribution >= 4 is 0 Å². The Morgan fingerprint density at radius 1 is 0.840 bits per heavy atom. The summed E-state index contributed by atoms with van der Waals surface area (Å²) in [5.74, 6) is 2.46. The number of rotatable bonds is 3. The van der Waals surface area contributed by atoms with Gasteiger partial charge in [-0.05, 0) is 67.9 Å². The number of ether oxygens (including phenoxy) is 1. The van der Waals surface area contributed by atoms with E-state index in [0.29, 0.717) is 11.7 Å². The van der Waals surface area contributed by atoms with E-state index in [4.69, 9.17) is 4.74 Å². The van der Waals surface area contributed by atoms with Crippen LogP contribution in [-0.4, -0.2) is 6.10 Å². The normalized spacial score (nSPS) is 30.6. The molecule has 1 aromatic rings. The zero-order chi connectivity index (χ0) is 17.2. The van der Waals surface area contributed by atoms with Crippen molar-refractivity contribution in [2.45, 2.75) is 83.4 Å². The predicted molar refractivity (Wildman–Crippen MR) is 96.0 cm³/mol. The van der Waals surface area contributed by atoms with E-state index in [-0.39, 0.29) is 11.7 Å². The Kier molecular flexibility index (Phi) is 5.28. The summed E-state index contributed by atoms with van der Waals surface area (Å²) in [4.78, 5) is 0. The number of aryl methyl sites for hydroxylation is 1. The highest BCUT2D eigenvalue weighted by Crippen LogP contribution is 2.43. The van der Waals surface area contributed by atoms with Crippen LogP contribution >= 0.6 is 0 Å². The highest BCUT2D eigenvalue weighted by atomic mass is 19.1. The Morgan fingerprint density at radius 3 is 2.24 bits per heavy atom. The number of hydrogen-bond acceptors (Lipinski definition) is 1. The van der Waals surface area contributed by atoms with E-state index in [9.17, 15) is 8.78 Å². The minimum Gasteiger partial charge on any atom is -0.489 e. The van der Waals surface area contributed by atoms with Gasteiger partial charge in [-0.2, -0.15) is 0 Å². The molecular weight excluding hydrogens is 318 g/mol. The molecule has 1 unspecified atom stereocenters. The van der Waals surface area contributed by atoms with E-state index in [2.05, 4.69) is 0 Å². The van der Waals surface area contributed by atoms with Crippen LogP contribution in [0.1, 0.15) is 75.3 Å². The first-order chi connectivity index (χ1) is 12.3. The van der Waals surface area contributed by atoms with E-state index in [1.807, 2.05) is 0 Å². The second-order valence-corrected chi connectivity index (χ2v) is 8.42. The van der Waals surface area contributed by atoms with Gasteiger partial charge in [-0.25, -0.2) is 8.78 Å². The van der Waals surface area contributed by atoms with Crippen LogP contribution in [0.3, 0.4) is 0 Å². The lowest BCUT2D eigenvalue weighted by molar-refractivity contribution is 0.0614. The summed E-state index contributed by atoms with van der Waals surface area (Å²) in [5, 5.41) is 0. The predicted octanol–water partition coefficient (Wildman–Crippen LogP) is 6.38. The molecule has 0 amide bonds. The van der Waals surface area contributed by atoms with Crippen molar-refractivity contribution in [2.24, 2.45) is 17.8 Å². The molecule has 0 bridgehead atoms. The topological polar surface area (TPSA) is 9.23 Å². The molecule has 3 aliphatic rings. The largest absolute Gasteiger partial charge is 0.489 e. The van der Waals surface area contributed by atoms with Crippen molar-refractivity contribution in [3.8, 4) is 5.75 Å². The quantitative estimate of drug-likeness (QED) is 0.616. The fraction of sp³-hybridized carbons (Fsp3) is 0.727. The number of benzene rings is 1. The van der Waals surface area contributed by atoms with Gasteiger partial charge < -0.3 is 4.74 Å². The molecule has 138 valence electrons. The Labute approximate surface area is 150 Å². The van der Waals surface area contributed by atoms with E-state index >= 15 is 0 Å². The molecule has 1 aromatic carbocycles. The van der Waals surface area contributed by atoms with Crippen LogP contribution in [0.5, 0.6) is 5.75 Å². The second kappa shape index (κ2) is 7.63. The van der Waals surface area contributed by atoms with Crippen molar-refractivity contribution < 1.29 is 13.5 Å². The molecule has 0 N–H and O–H groups in total. The van der Waals surface area contributed by atoms with Crippen molar-refractivity contribution in [1.29, 1.82) is 0 Å². The van der Waals surface area contributed by atoms with Crippen LogP contribution in [-0.2, 0) is 13.1 Å². The van der Waals surface area contributed by atoms with Crippen LogP contribution in [0.15, 0.2) is 12.1 Å². The minimum absolute atomic E-state index is 0.123. The first kappa shape index (κ1) is 17.3. The number of halogens is 2. The van der Waals surface area contributed by atoms with Crippen LogP contribution in [0.4, 0.5) is 8.78 Å². The molecule has 2 fully saturated rings. The maximum atomic E-state index is 13.9. The molecule has 2 aliphatic carbocycles. The summed E-state index contributed by atoms with van der Waals surface area (Å²) in [6.45, 7) is -0.782. The lowest BCUT2D eigenvalue weighted by atomic mass is 9.69. The molecular formula is C22H30F2O. The molecule has 25 heavy (non-hydrogen) atoms. The summed E-state index contributed by atoms with van der Waals surface area (Å²) in [6.07, 6.45) is 14.2. The molecule has 4 rings (SSSR count). The Bertz CT molecular complexity index is 586. The zero-order valence-electron chi connectivity index (χ0n) is 15.1. The van der Waals surface area contributed by atoms with Crippen molar-refractivity contribution in [2.75, 3.05) is 0 Å². The third-order valence-electron chi connectivity index (χ3n) is 7.04. The molecule has 0 radical (unpaired) electrons. The standard InChI is InChI=1S/C22H30F2O/c23-14-19-20(24)12-10-18-11-13-21(25-22(18)19)17-8-6-16(7-9-17)15-4-2-1-3-5-15/h10,12,15-17,21H,1-9,11,13-14H2. The SMILES string of the molecule is FCc1c(F)ccc2c1OC(C1CCC(C3CCCCC3)CC1)CC2. The maximum absolute atomic E-state index is 13.9. The van der Waals surface area contributed by atoms with E-state index in [0.717, 1.165) is 30.2 Å². The van der Waals surface area contributed by atoms with Crippen LogP contribution < -0.4 is 4.74 Å². The van der Waals surface area contributed by atoms with Crippen molar-refractivity contribution in [3.63, 3.8) is 0 Å². The molecule has 0 saturated heterocycles. The molecule has 0 aromatic heterocycles. The van der Waals surface area contributed by atoms with Crippen LogP contribution in [0.2, 0.25) is 0 Å². The number of hydrogen-bond donors (Lipinski definition) is 0. The summed E-state index contributed by atoms with van der Waals surface area (Å²) < 4.78 is 33.3. The lowest BCUT2D eigenvalue weighted by Gasteiger charge is -2.40. The minimum atomic E-state index is -0.782. The first-order valence-corrected chi connectivity index (χ1v) is 10.3. The van der Waals surface area contributed by atoms with Gasteiger partial charge in [-0.3, -0.25) is 0 Å². The second-order valence-electron chi connectivity index (χ2n) is 8.42. The molecule has 2 saturated carbocycles. The Balaban J connectivity index is 1.39. The highest BCUT2D eigenvalue weighted by Gasteiger charge is 2.35. The van der Waals surface area contributed by atoms with Gasteiger partial charge in [-0.1, -0.05) is 38.2 Å². The summed E-state index contributed by atoms with van der Waals surface area (Å²) in [7, 11) is 0. The third-order valence-corrected chi connectivity index (χ3v) is 7.04. The summed E-state index contributed by atoms with van der Waals surface area (Å²) in [5.41, 5.74) is 1.10. The highest BCUT2D eigenvalue weighted by molar-refractivity contribution is 5.43. The summed E-state index contributed by atoms with van der Waals surface area (Å²) in [6, 6.07) is 3.15. The van der Waals surface area contributed by atoms with E-state index < -0.39 is 12.5 Å². The number of fused-ring (bicyclic) bond motifs is 1. The number of alkyl halides is 1. The van der Waals surface area contributed by atoms with Gasteiger partial charge in [0.1, 0.15) is 24.3 Å². The van der Waals surface area contributed by atoms with Crippen LogP contribution in [0, 0.1) is 23.6 Å². The average Bonchev–Trinajstić information content (AvgIpc) is 2.68. The van der Waals surface area contributed by atoms with Gasteiger partial charge in [0.25, 0.3) is 0 Å². The molecule has 1 nitrogen and oxygen atoms in total. The lowest BCUT2D eigenvalue weighted by Crippen LogP contribution is -2.35. The van der Waals surface area contributed by atoms with Crippen molar-refractivity contribution in [3.05, 3.63) is 29.1 Å². The van der Waals surface area contributed by atoms with Gasteiger partial charge in [0.2, 0.25) is 0 Å². The fourth-order valence-corrected chi connectivity index (χ4v) is 5.55. The zero-order valence-corrected chi connectivity index (χ0v) is 15.1. The molecule has 1 heterocycles. The fourth-order valence-electron chi connectivity index (χ4n) is 5.55. The third kappa shape index (κ3) is 3.57. The van der Waals surface area contributed by atoms with Gasteiger partial charge >= 0.3 is 0 Å². The Morgan fingerprint density at radius 2 is 1.52 bits per heavy atom. The van der Waals surface area contributed by atoms with Gasteiger partial charge in [0, 0.05) is 0 Å². The van der Waals surface area contributed by atoms with Crippen molar-refractivity contribution in [1.82, 2.24) is 0 Å². The molecule has 3 heteroatoms. The van der Waals surface area contributed by atoms with E-state index in [1.54, 1.807) is 6.07 Å². The smallest absolute Gasteiger partial charge is 0.132 e. The molecule has 0 spiro atoms. The van der Waals surface area contributed by atoms with Gasteiger partial charge in [0.15, 0.2) is 0 Å². The maximum Gasteiger partial charge on any atom is 0.132 e. The first-order valence-electron chi connectivity index (χ1n) is 10.3. The van der Waals surface area contributed by atoms with Gasteiger partial charge in [-0.15, -0.1) is 0 Å². The van der Waals surface area contributed by atoms with Crippen LogP contribution in [0.25, 0.3) is 0 Å². The van der Waals surface area contributed by atoms with E-state index in [1.165, 1.54) is 63.9 Å². The average molecular weight is 348 g/mol. The molecule has 1 aliphatic heterocycles. The molecule has 1 atom stereocenters. The Hall–Kier alpha value is -1.12. The monoisotopic (exact) mass is 348 g/mol.